The van der Waals surface area contributed by atoms with Crippen molar-refractivity contribution in [3.8, 4) is 11.4 Å². The third-order valence-corrected chi connectivity index (χ3v) is 5.06. The van der Waals surface area contributed by atoms with Crippen molar-refractivity contribution < 1.29 is 9.21 Å². The highest BCUT2D eigenvalue weighted by Crippen LogP contribution is 2.25. The van der Waals surface area contributed by atoms with Gasteiger partial charge in [-0.25, -0.2) is 4.98 Å². The quantitative estimate of drug-likeness (QED) is 0.701. The molecule has 1 fully saturated rings. The molecular formula is C21H24N4O2. The molecule has 1 aromatic carbocycles. The Morgan fingerprint density at radius 2 is 2.00 bits per heavy atom. The first-order valence-corrected chi connectivity index (χ1v) is 9.40. The second-order valence-corrected chi connectivity index (χ2v) is 6.91. The first-order chi connectivity index (χ1) is 13.2. The highest BCUT2D eigenvalue weighted by Gasteiger charge is 2.26. The van der Waals surface area contributed by atoms with E-state index in [2.05, 4.69) is 20.2 Å². The molecule has 1 saturated heterocycles. The van der Waals surface area contributed by atoms with Crippen molar-refractivity contribution in [2.45, 2.75) is 25.8 Å². The molecule has 0 saturated carbocycles. The van der Waals surface area contributed by atoms with Gasteiger partial charge in [0.25, 0.3) is 5.91 Å². The van der Waals surface area contributed by atoms with Crippen molar-refractivity contribution in [1.82, 2.24) is 20.2 Å². The zero-order valence-corrected chi connectivity index (χ0v) is 15.4. The number of carbonyl (C=O) groups is 1. The van der Waals surface area contributed by atoms with Crippen LogP contribution in [-0.2, 0) is 0 Å². The molecule has 1 aliphatic heterocycles. The summed E-state index contributed by atoms with van der Waals surface area (Å²) in [6, 6.07) is 13.7. The molecule has 2 N–H and O–H groups in total. The van der Waals surface area contributed by atoms with E-state index in [1.54, 1.807) is 6.26 Å². The predicted molar refractivity (Wildman–Crippen MR) is 103 cm³/mol. The van der Waals surface area contributed by atoms with Crippen molar-refractivity contribution >= 4 is 5.91 Å². The summed E-state index contributed by atoms with van der Waals surface area (Å²) in [6.45, 7) is 4.43. The minimum atomic E-state index is -0.165. The van der Waals surface area contributed by atoms with Gasteiger partial charge in [-0.05, 0) is 45.0 Å². The number of aromatic amines is 1. The van der Waals surface area contributed by atoms with Crippen molar-refractivity contribution in [3.05, 3.63) is 65.9 Å². The Labute approximate surface area is 158 Å². The molecular weight excluding hydrogens is 340 g/mol. The molecule has 27 heavy (non-hydrogen) atoms. The Balaban J connectivity index is 1.48. The van der Waals surface area contributed by atoms with Gasteiger partial charge >= 0.3 is 0 Å². The van der Waals surface area contributed by atoms with E-state index in [9.17, 15) is 4.79 Å². The molecule has 2 aromatic heterocycles. The molecule has 1 aliphatic rings. The number of furan rings is 1. The SMILES string of the molecule is Cc1[nH]c(-c2ccccc2)nc1C(=O)NCC(c1ccco1)N1CCCC1. The van der Waals surface area contributed by atoms with E-state index < -0.39 is 0 Å². The zero-order valence-electron chi connectivity index (χ0n) is 15.4. The second-order valence-electron chi connectivity index (χ2n) is 6.91. The number of nitrogens with zero attached hydrogens (tertiary/aromatic N) is 2. The molecule has 1 atom stereocenters. The third kappa shape index (κ3) is 3.80. The molecule has 0 radical (unpaired) electrons. The van der Waals surface area contributed by atoms with Crippen LogP contribution in [0.1, 0.15) is 40.8 Å². The summed E-state index contributed by atoms with van der Waals surface area (Å²) in [4.78, 5) is 22.8. The second kappa shape index (κ2) is 7.80. The molecule has 0 spiro atoms. The standard InChI is InChI=1S/C21H24N4O2/c1-15-19(24-20(23-15)16-8-3-2-4-9-16)21(26)22-14-17(18-10-7-13-27-18)25-11-5-6-12-25/h2-4,7-10,13,17H,5-6,11-12,14H2,1H3,(H,22,26)(H,23,24). The van der Waals surface area contributed by atoms with E-state index in [0.717, 1.165) is 30.1 Å². The number of H-pyrrole nitrogens is 1. The summed E-state index contributed by atoms with van der Waals surface area (Å²) in [6.07, 6.45) is 4.05. The summed E-state index contributed by atoms with van der Waals surface area (Å²) in [5, 5.41) is 3.05. The molecule has 6 heteroatoms. The molecule has 4 rings (SSSR count). The van der Waals surface area contributed by atoms with E-state index in [4.69, 9.17) is 4.42 Å². The summed E-state index contributed by atoms with van der Waals surface area (Å²) >= 11 is 0. The molecule has 0 bridgehead atoms. The minimum absolute atomic E-state index is 0.0549. The van der Waals surface area contributed by atoms with Crippen LogP contribution < -0.4 is 5.32 Å². The van der Waals surface area contributed by atoms with E-state index in [1.165, 1.54) is 12.8 Å². The van der Waals surface area contributed by atoms with Crippen molar-refractivity contribution in [1.29, 1.82) is 0 Å². The number of aromatic nitrogens is 2. The number of nitrogens with one attached hydrogen (secondary N) is 2. The third-order valence-electron chi connectivity index (χ3n) is 5.06. The Hall–Kier alpha value is -2.86. The lowest BCUT2D eigenvalue weighted by atomic mass is 10.2. The fourth-order valence-corrected chi connectivity index (χ4v) is 3.63. The fraction of sp³-hybridized carbons (Fsp3) is 0.333. The minimum Gasteiger partial charge on any atom is -0.468 e. The maximum absolute atomic E-state index is 12.8. The summed E-state index contributed by atoms with van der Waals surface area (Å²) in [7, 11) is 0. The Bertz CT molecular complexity index is 880. The normalized spacial score (nSPS) is 15.7. The number of imidazole rings is 1. The van der Waals surface area contributed by atoms with Crippen LogP contribution in [0.15, 0.2) is 53.1 Å². The van der Waals surface area contributed by atoms with E-state index in [1.807, 2.05) is 49.4 Å². The number of aryl methyl sites for hydroxylation is 1. The average Bonchev–Trinajstić information content (AvgIpc) is 3.45. The molecule has 3 aromatic rings. The fourth-order valence-electron chi connectivity index (χ4n) is 3.63. The summed E-state index contributed by atoms with van der Waals surface area (Å²) < 4.78 is 5.62. The molecule has 3 heterocycles. The molecule has 1 amide bonds. The van der Waals surface area contributed by atoms with Crippen LogP contribution in [-0.4, -0.2) is 40.4 Å². The number of hydrogen-bond acceptors (Lipinski definition) is 4. The number of likely N-dealkylation sites (tertiary alicyclic amines) is 1. The van der Waals surface area contributed by atoms with Crippen molar-refractivity contribution in [3.63, 3.8) is 0 Å². The monoisotopic (exact) mass is 364 g/mol. The van der Waals surface area contributed by atoms with Crippen molar-refractivity contribution in [2.24, 2.45) is 0 Å². The van der Waals surface area contributed by atoms with Gasteiger partial charge in [0.15, 0.2) is 0 Å². The Morgan fingerprint density at radius 1 is 1.22 bits per heavy atom. The molecule has 0 aliphatic carbocycles. The Kier molecular flexibility index (Phi) is 5.07. The number of benzene rings is 1. The maximum Gasteiger partial charge on any atom is 0.271 e. The van der Waals surface area contributed by atoms with Gasteiger partial charge in [0.2, 0.25) is 0 Å². The maximum atomic E-state index is 12.8. The first kappa shape index (κ1) is 17.5. The predicted octanol–water partition coefficient (Wildman–Crippen LogP) is 3.55. The summed E-state index contributed by atoms with van der Waals surface area (Å²) in [5.41, 5.74) is 2.17. The van der Waals surface area contributed by atoms with Gasteiger partial charge in [-0.15, -0.1) is 0 Å². The van der Waals surface area contributed by atoms with Crippen LogP contribution in [0.2, 0.25) is 0 Å². The lowest BCUT2D eigenvalue weighted by Gasteiger charge is -2.25. The molecule has 6 nitrogen and oxygen atoms in total. The highest BCUT2D eigenvalue weighted by molar-refractivity contribution is 5.94. The summed E-state index contributed by atoms with van der Waals surface area (Å²) in [5.74, 6) is 1.43. The van der Waals surface area contributed by atoms with Gasteiger partial charge in [-0.3, -0.25) is 9.69 Å². The Morgan fingerprint density at radius 3 is 2.70 bits per heavy atom. The lowest BCUT2D eigenvalue weighted by molar-refractivity contribution is 0.0928. The molecule has 140 valence electrons. The number of amides is 1. The van der Waals surface area contributed by atoms with Crippen molar-refractivity contribution in [2.75, 3.05) is 19.6 Å². The van der Waals surface area contributed by atoms with Crippen LogP contribution >= 0.6 is 0 Å². The van der Waals surface area contributed by atoms with Crippen LogP contribution in [0.25, 0.3) is 11.4 Å². The smallest absolute Gasteiger partial charge is 0.271 e. The van der Waals surface area contributed by atoms with E-state index in [-0.39, 0.29) is 11.9 Å². The van der Waals surface area contributed by atoms with Gasteiger partial charge in [0.1, 0.15) is 17.3 Å². The lowest BCUT2D eigenvalue weighted by Crippen LogP contribution is -2.37. The van der Waals surface area contributed by atoms with E-state index in [0.29, 0.717) is 18.1 Å². The number of hydrogen-bond donors (Lipinski definition) is 2. The van der Waals surface area contributed by atoms with Crippen LogP contribution in [0, 0.1) is 6.92 Å². The van der Waals surface area contributed by atoms with Gasteiger partial charge in [0.05, 0.1) is 12.3 Å². The first-order valence-electron chi connectivity index (χ1n) is 9.40. The van der Waals surface area contributed by atoms with Gasteiger partial charge in [-0.2, -0.15) is 0 Å². The van der Waals surface area contributed by atoms with E-state index >= 15 is 0 Å². The van der Waals surface area contributed by atoms with Crippen LogP contribution in [0.3, 0.4) is 0 Å². The largest absolute Gasteiger partial charge is 0.468 e. The average molecular weight is 364 g/mol. The molecule has 1 unspecified atom stereocenters. The van der Waals surface area contributed by atoms with Crippen LogP contribution in [0.5, 0.6) is 0 Å². The number of carbonyl (C=O) groups excluding carboxylic acids is 1. The topological polar surface area (TPSA) is 74.2 Å². The van der Waals surface area contributed by atoms with Crippen LogP contribution in [0.4, 0.5) is 0 Å². The van der Waals surface area contributed by atoms with Gasteiger partial charge < -0.3 is 14.7 Å². The van der Waals surface area contributed by atoms with Gasteiger partial charge in [-0.1, -0.05) is 30.3 Å². The number of rotatable bonds is 6. The highest BCUT2D eigenvalue weighted by atomic mass is 16.3. The van der Waals surface area contributed by atoms with Gasteiger partial charge in [0, 0.05) is 17.8 Å². The zero-order chi connectivity index (χ0) is 18.6.